The van der Waals surface area contributed by atoms with Crippen LogP contribution in [0.5, 0.6) is 0 Å². The summed E-state index contributed by atoms with van der Waals surface area (Å²) < 4.78 is 5.62. The second-order valence-corrected chi connectivity index (χ2v) is 6.10. The highest BCUT2D eigenvalue weighted by Gasteiger charge is 2.31. The van der Waals surface area contributed by atoms with Crippen molar-refractivity contribution in [2.45, 2.75) is 51.8 Å². The first-order valence-electron chi connectivity index (χ1n) is 7.38. The van der Waals surface area contributed by atoms with Crippen LogP contribution in [0, 0.1) is 0 Å². The predicted molar refractivity (Wildman–Crippen MR) is 80.9 cm³/mol. The molecule has 1 atom stereocenters. The molecule has 1 N–H and O–H groups in total. The Labute approximate surface area is 121 Å². The van der Waals surface area contributed by atoms with Crippen LogP contribution in [0.15, 0.2) is 12.1 Å². The van der Waals surface area contributed by atoms with Crippen molar-refractivity contribution in [1.29, 1.82) is 0 Å². The molecule has 0 spiro atoms. The maximum atomic E-state index is 5.62. The lowest BCUT2D eigenvalue weighted by molar-refractivity contribution is -0.00484. The highest BCUT2D eigenvalue weighted by atomic mass is 16.5. The Balaban J connectivity index is 1.99. The van der Waals surface area contributed by atoms with E-state index in [1.54, 1.807) is 7.11 Å². The Kier molecular flexibility index (Phi) is 4.94. The first-order valence-corrected chi connectivity index (χ1v) is 7.38. The summed E-state index contributed by atoms with van der Waals surface area (Å²) in [4.78, 5) is 2.26. The molecule has 5 heteroatoms. The topological polar surface area (TPSA) is 50.3 Å². The van der Waals surface area contributed by atoms with Crippen LogP contribution in [0.25, 0.3) is 0 Å². The minimum Gasteiger partial charge on any atom is -0.377 e. The standard InChI is InChI=1S/C15H26N4O/c1-12(2)16-10-13-6-7-14(18-17-13)19-9-5-8-15(3,11-19)20-4/h6-7,12,16H,5,8-11H2,1-4H3. The van der Waals surface area contributed by atoms with Crippen molar-refractivity contribution in [2.75, 3.05) is 25.1 Å². The zero-order valence-electron chi connectivity index (χ0n) is 13.0. The van der Waals surface area contributed by atoms with Gasteiger partial charge in [0, 0.05) is 32.8 Å². The quantitative estimate of drug-likeness (QED) is 0.892. The van der Waals surface area contributed by atoms with E-state index in [-0.39, 0.29) is 5.60 Å². The molecule has 0 saturated carbocycles. The Hall–Kier alpha value is -1.20. The molecule has 0 aromatic carbocycles. The van der Waals surface area contributed by atoms with Crippen LogP contribution in [0.4, 0.5) is 5.82 Å². The van der Waals surface area contributed by atoms with Gasteiger partial charge in [-0.05, 0) is 31.9 Å². The van der Waals surface area contributed by atoms with Gasteiger partial charge in [0.15, 0.2) is 5.82 Å². The van der Waals surface area contributed by atoms with Crippen molar-refractivity contribution in [3.05, 3.63) is 17.8 Å². The molecule has 1 aromatic rings. The first kappa shape index (κ1) is 15.2. The monoisotopic (exact) mass is 278 g/mol. The summed E-state index contributed by atoms with van der Waals surface area (Å²) in [6, 6.07) is 4.57. The molecule has 1 aliphatic rings. The zero-order valence-corrected chi connectivity index (χ0v) is 13.0. The average molecular weight is 278 g/mol. The third-order valence-electron chi connectivity index (χ3n) is 3.87. The molecular weight excluding hydrogens is 252 g/mol. The summed E-state index contributed by atoms with van der Waals surface area (Å²) in [5.41, 5.74) is 0.909. The van der Waals surface area contributed by atoms with Crippen molar-refractivity contribution in [1.82, 2.24) is 15.5 Å². The van der Waals surface area contributed by atoms with Gasteiger partial charge in [-0.2, -0.15) is 5.10 Å². The second-order valence-electron chi connectivity index (χ2n) is 6.10. The molecule has 5 nitrogen and oxygen atoms in total. The summed E-state index contributed by atoms with van der Waals surface area (Å²) in [6.45, 7) is 9.08. The fourth-order valence-electron chi connectivity index (χ4n) is 2.49. The molecule has 112 valence electrons. The van der Waals surface area contributed by atoms with Gasteiger partial charge in [0.1, 0.15) is 0 Å². The van der Waals surface area contributed by atoms with Crippen LogP contribution >= 0.6 is 0 Å². The smallest absolute Gasteiger partial charge is 0.151 e. The van der Waals surface area contributed by atoms with E-state index >= 15 is 0 Å². The van der Waals surface area contributed by atoms with Gasteiger partial charge in [0.2, 0.25) is 0 Å². The van der Waals surface area contributed by atoms with Gasteiger partial charge in [-0.1, -0.05) is 13.8 Å². The second kappa shape index (κ2) is 6.50. The van der Waals surface area contributed by atoms with Gasteiger partial charge >= 0.3 is 0 Å². The molecule has 2 heterocycles. The van der Waals surface area contributed by atoms with E-state index in [9.17, 15) is 0 Å². The lowest BCUT2D eigenvalue weighted by Crippen LogP contribution is -2.47. The summed E-state index contributed by atoms with van der Waals surface area (Å²) in [5.74, 6) is 0.946. The van der Waals surface area contributed by atoms with Gasteiger partial charge in [-0.3, -0.25) is 0 Å². The average Bonchev–Trinajstić information content (AvgIpc) is 2.46. The number of aromatic nitrogens is 2. The number of rotatable bonds is 5. The molecule has 0 amide bonds. The number of piperidine rings is 1. The summed E-state index contributed by atoms with van der Waals surface area (Å²) in [5, 5.41) is 12.0. The largest absolute Gasteiger partial charge is 0.377 e. The van der Waals surface area contributed by atoms with Crippen LogP contribution in [-0.4, -0.2) is 42.0 Å². The Morgan fingerprint density at radius 2 is 2.20 bits per heavy atom. The van der Waals surface area contributed by atoms with Crippen LogP contribution in [0.3, 0.4) is 0 Å². The number of ether oxygens (including phenoxy) is 1. The molecule has 20 heavy (non-hydrogen) atoms. The molecular formula is C15H26N4O. The molecule has 1 aromatic heterocycles. The van der Waals surface area contributed by atoms with E-state index in [2.05, 4.69) is 53.3 Å². The molecule has 1 unspecified atom stereocenters. The van der Waals surface area contributed by atoms with Crippen molar-refractivity contribution >= 4 is 5.82 Å². The maximum Gasteiger partial charge on any atom is 0.151 e. The van der Waals surface area contributed by atoms with Crippen molar-refractivity contribution in [2.24, 2.45) is 0 Å². The van der Waals surface area contributed by atoms with Gasteiger partial charge < -0.3 is 15.0 Å². The molecule has 0 bridgehead atoms. The normalized spacial score (nSPS) is 23.4. The number of hydrogen-bond acceptors (Lipinski definition) is 5. The fourth-order valence-corrected chi connectivity index (χ4v) is 2.49. The molecule has 1 aliphatic heterocycles. The van der Waals surface area contributed by atoms with Crippen LogP contribution in [-0.2, 0) is 11.3 Å². The molecule has 0 aliphatic carbocycles. The van der Waals surface area contributed by atoms with E-state index in [4.69, 9.17) is 4.74 Å². The van der Waals surface area contributed by atoms with Crippen molar-refractivity contribution in [3.63, 3.8) is 0 Å². The highest BCUT2D eigenvalue weighted by Crippen LogP contribution is 2.26. The summed E-state index contributed by atoms with van der Waals surface area (Å²) in [6.07, 6.45) is 2.23. The molecule has 1 fully saturated rings. The zero-order chi connectivity index (χ0) is 14.6. The van der Waals surface area contributed by atoms with Crippen molar-refractivity contribution in [3.8, 4) is 0 Å². The number of nitrogens with zero attached hydrogens (tertiary/aromatic N) is 3. The third-order valence-corrected chi connectivity index (χ3v) is 3.87. The summed E-state index contributed by atoms with van der Waals surface area (Å²) >= 11 is 0. The Morgan fingerprint density at radius 3 is 2.80 bits per heavy atom. The number of hydrogen-bond donors (Lipinski definition) is 1. The minimum absolute atomic E-state index is 0.0716. The Bertz CT molecular complexity index is 420. The van der Waals surface area contributed by atoms with Crippen LogP contribution in [0.1, 0.15) is 39.3 Å². The van der Waals surface area contributed by atoms with E-state index in [0.29, 0.717) is 6.04 Å². The third kappa shape index (κ3) is 3.90. The lowest BCUT2D eigenvalue weighted by atomic mass is 9.95. The number of anilines is 1. The van der Waals surface area contributed by atoms with Crippen molar-refractivity contribution < 1.29 is 4.74 Å². The van der Waals surface area contributed by atoms with Crippen LogP contribution in [0.2, 0.25) is 0 Å². The molecule has 0 radical (unpaired) electrons. The SMILES string of the molecule is COC1(C)CCCN(c2ccc(CNC(C)C)nn2)C1. The molecule has 1 saturated heterocycles. The fraction of sp³-hybridized carbons (Fsp3) is 0.733. The highest BCUT2D eigenvalue weighted by molar-refractivity contribution is 5.38. The van der Waals surface area contributed by atoms with Gasteiger partial charge in [0.05, 0.1) is 11.3 Å². The minimum atomic E-state index is -0.0716. The van der Waals surface area contributed by atoms with E-state index in [1.165, 1.54) is 0 Å². The maximum absolute atomic E-state index is 5.62. The van der Waals surface area contributed by atoms with Gasteiger partial charge in [-0.15, -0.1) is 5.10 Å². The summed E-state index contributed by atoms with van der Waals surface area (Å²) in [7, 11) is 1.79. The lowest BCUT2D eigenvalue weighted by Gasteiger charge is -2.39. The van der Waals surface area contributed by atoms with Crippen LogP contribution < -0.4 is 10.2 Å². The van der Waals surface area contributed by atoms with E-state index in [0.717, 1.165) is 44.0 Å². The van der Waals surface area contributed by atoms with Gasteiger partial charge in [0.25, 0.3) is 0 Å². The Morgan fingerprint density at radius 1 is 1.40 bits per heavy atom. The van der Waals surface area contributed by atoms with E-state index in [1.807, 2.05) is 0 Å². The van der Waals surface area contributed by atoms with E-state index < -0.39 is 0 Å². The van der Waals surface area contributed by atoms with Gasteiger partial charge in [-0.25, -0.2) is 0 Å². The molecule has 2 rings (SSSR count). The number of methoxy groups -OCH3 is 1. The number of nitrogens with one attached hydrogen (secondary N) is 1. The first-order chi connectivity index (χ1) is 9.52. The predicted octanol–water partition coefficient (Wildman–Crippen LogP) is 1.98.